The maximum absolute atomic E-state index is 13.2. The summed E-state index contributed by atoms with van der Waals surface area (Å²) < 4.78 is 45.1. The molecule has 166 valence electrons. The lowest BCUT2D eigenvalue weighted by molar-refractivity contribution is -0.137. The van der Waals surface area contributed by atoms with Gasteiger partial charge in [-0.15, -0.1) is 0 Å². The molecule has 3 aromatic rings. The molecule has 1 fully saturated rings. The quantitative estimate of drug-likeness (QED) is 0.552. The van der Waals surface area contributed by atoms with E-state index in [9.17, 15) is 22.8 Å². The first-order valence-electron chi connectivity index (χ1n) is 10.2. The number of alkyl halides is 3. The normalized spacial score (nSPS) is 14.4. The van der Waals surface area contributed by atoms with Gasteiger partial charge in [0, 0.05) is 19.2 Å². The molecule has 4 rings (SSSR count). The van der Waals surface area contributed by atoms with Crippen LogP contribution in [0.4, 0.5) is 24.5 Å². The van der Waals surface area contributed by atoms with E-state index in [0.29, 0.717) is 29.7 Å². The summed E-state index contributed by atoms with van der Waals surface area (Å²) in [5.74, 6) is -0.645. The third-order valence-corrected chi connectivity index (χ3v) is 5.40. The first-order chi connectivity index (χ1) is 15.2. The zero-order chi connectivity index (χ0) is 22.9. The van der Waals surface area contributed by atoms with Gasteiger partial charge in [0.2, 0.25) is 5.91 Å². The van der Waals surface area contributed by atoms with Gasteiger partial charge in [-0.2, -0.15) is 13.2 Å². The Morgan fingerprint density at radius 3 is 2.59 bits per heavy atom. The Morgan fingerprint density at radius 1 is 1.12 bits per heavy atom. The lowest BCUT2D eigenvalue weighted by atomic mass is 10.1. The molecule has 1 amide bonds. The van der Waals surface area contributed by atoms with Crippen LogP contribution in [-0.2, 0) is 11.0 Å². The minimum atomic E-state index is -4.53. The van der Waals surface area contributed by atoms with E-state index >= 15 is 0 Å². The predicted molar refractivity (Wildman–Crippen MR) is 118 cm³/mol. The number of amides is 1. The smallest absolute Gasteiger partial charge is 0.416 e. The number of carbonyl (C=O) groups is 1. The van der Waals surface area contributed by atoms with Crippen molar-refractivity contribution in [2.45, 2.75) is 25.9 Å². The third-order valence-electron chi connectivity index (χ3n) is 5.40. The van der Waals surface area contributed by atoms with E-state index in [4.69, 9.17) is 4.42 Å². The Balaban J connectivity index is 1.61. The van der Waals surface area contributed by atoms with Crippen LogP contribution >= 0.6 is 0 Å². The van der Waals surface area contributed by atoms with Gasteiger partial charge in [-0.05, 0) is 56.2 Å². The van der Waals surface area contributed by atoms with Crippen LogP contribution in [0.25, 0.3) is 17.0 Å². The highest BCUT2D eigenvalue weighted by atomic mass is 19.4. The summed E-state index contributed by atoms with van der Waals surface area (Å²) in [5, 5.41) is 2.93. The molecule has 1 aliphatic rings. The first kappa shape index (κ1) is 21.7. The topological polar surface area (TPSA) is 62.6 Å². The average molecular weight is 442 g/mol. The zero-order valence-electron chi connectivity index (χ0n) is 17.3. The highest BCUT2D eigenvalue weighted by molar-refractivity contribution is 6.04. The molecule has 1 N–H and O–H groups in total. The van der Waals surface area contributed by atoms with Crippen molar-refractivity contribution in [2.24, 2.45) is 0 Å². The predicted octanol–water partition coefficient (Wildman–Crippen LogP) is 5.37. The fourth-order valence-electron chi connectivity index (χ4n) is 3.76. The van der Waals surface area contributed by atoms with Crippen LogP contribution < -0.4 is 15.6 Å². The minimum Gasteiger partial charge on any atom is -0.463 e. The lowest BCUT2D eigenvalue weighted by Gasteiger charge is -2.22. The van der Waals surface area contributed by atoms with Crippen molar-refractivity contribution in [1.82, 2.24) is 0 Å². The molecule has 0 atom stereocenters. The average Bonchev–Trinajstić information content (AvgIpc) is 3.27. The van der Waals surface area contributed by atoms with Crippen LogP contribution in [0.1, 0.15) is 29.5 Å². The number of carbonyl (C=O) groups excluding carboxylic acids is 1. The molecule has 32 heavy (non-hydrogen) atoms. The van der Waals surface area contributed by atoms with Gasteiger partial charge in [-0.3, -0.25) is 9.59 Å². The number of hydrogen-bond donors (Lipinski definition) is 1. The Morgan fingerprint density at radius 2 is 1.88 bits per heavy atom. The summed E-state index contributed by atoms with van der Waals surface area (Å²) in [7, 11) is 0. The van der Waals surface area contributed by atoms with Crippen LogP contribution in [0.15, 0.2) is 57.9 Å². The largest absolute Gasteiger partial charge is 0.463 e. The van der Waals surface area contributed by atoms with E-state index in [0.717, 1.165) is 36.6 Å². The van der Waals surface area contributed by atoms with Gasteiger partial charge in [0.25, 0.3) is 0 Å². The number of nitrogens with zero attached hydrogens (tertiary/aromatic N) is 1. The number of anilines is 2. The second kappa shape index (κ2) is 8.53. The summed E-state index contributed by atoms with van der Waals surface area (Å²) in [6, 6.07) is 8.55. The van der Waals surface area contributed by atoms with Crippen molar-refractivity contribution in [2.75, 3.05) is 23.3 Å². The molecule has 0 saturated carbocycles. The molecule has 8 heteroatoms. The van der Waals surface area contributed by atoms with Crippen molar-refractivity contribution < 1.29 is 22.4 Å². The fraction of sp³-hybridized carbons (Fsp3) is 0.250. The monoisotopic (exact) mass is 442 g/mol. The van der Waals surface area contributed by atoms with Crippen LogP contribution in [0.5, 0.6) is 0 Å². The molecule has 2 heterocycles. The van der Waals surface area contributed by atoms with E-state index in [1.54, 1.807) is 12.1 Å². The van der Waals surface area contributed by atoms with Gasteiger partial charge in [-0.25, -0.2) is 0 Å². The second-order valence-corrected chi connectivity index (χ2v) is 7.77. The second-order valence-electron chi connectivity index (χ2n) is 7.77. The maximum atomic E-state index is 13.2. The summed E-state index contributed by atoms with van der Waals surface area (Å²) in [6.45, 7) is 3.27. The number of fused-ring (bicyclic) bond motifs is 1. The van der Waals surface area contributed by atoms with E-state index in [-0.39, 0.29) is 16.7 Å². The molecule has 1 aromatic heterocycles. The zero-order valence-corrected chi connectivity index (χ0v) is 17.3. The number of nitrogens with one attached hydrogen (secondary N) is 1. The Labute approximate surface area is 182 Å². The van der Waals surface area contributed by atoms with Crippen molar-refractivity contribution in [1.29, 1.82) is 0 Å². The summed E-state index contributed by atoms with van der Waals surface area (Å²) in [4.78, 5) is 27.1. The van der Waals surface area contributed by atoms with Gasteiger partial charge >= 0.3 is 6.18 Å². The maximum Gasteiger partial charge on any atom is 0.416 e. The molecular weight excluding hydrogens is 421 g/mol. The van der Waals surface area contributed by atoms with Gasteiger partial charge in [0.1, 0.15) is 11.8 Å². The van der Waals surface area contributed by atoms with E-state index in [1.165, 1.54) is 18.4 Å². The number of benzene rings is 2. The molecule has 0 radical (unpaired) electrons. The molecule has 0 unspecified atom stereocenters. The van der Waals surface area contributed by atoms with E-state index < -0.39 is 17.6 Å². The SMILES string of the molecule is Cc1ccc2occ(/C=C/C(=O)Nc3cc(C(F)(F)F)ccc3N3CCCC3)c(=O)c2c1. The molecule has 1 aliphatic heterocycles. The third kappa shape index (κ3) is 4.54. The fourth-order valence-corrected chi connectivity index (χ4v) is 3.76. The van der Waals surface area contributed by atoms with Gasteiger partial charge < -0.3 is 14.6 Å². The molecule has 1 saturated heterocycles. The van der Waals surface area contributed by atoms with E-state index in [1.807, 2.05) is 17.9 Å². The van der Waals surface area contributed by atoms with Crippen molar-refractivity contribution in [3.05, 3.63) is 75.7 Å². The van der Waals surface area contributed by atoms with Gasteiger partial charge in [0.15, 0.2) is 5.43 Å². The van der Waals surface area contributed by atoms with Crippen LogP contribution in [-0.4, -0.2) is 19.0 Å². The van der Waals surface area contributed by atoms with Crippen LogP contribution in [0.3, 0.4) is 0 Å². The van der Waals surface area contributed by atoms with Crippen molar-refractivity contribution >= 4 is 34.3 Å². The Kier molecular flexibility index (Phi) is 5.78. The molecular formula is C24H21F3N2O3. The molecule has 0 bridgehead atoms. The van der Waals surface area contributed by atoms with Gasteiger partial charge in [-0.1, -0.05) is 11.6 Å². The number of rotatable bonds is 4. The molecule has 5 nitrogen and oxygen atoms in total. The number of aryl methyl sites for hydroxylation is 1. The van der Waals surface area contributed by atoms with Crippen LogP contribution in [0, 0.1) is 6.92 Å². The standard InChI is InChI=1S/C24H21F3N2O3/c1-15-4-8-21-18(12-15)23(31)16(14-32-21)5-9-22(30)28-19-13-17(24(25,26)27)6-7-20(19)29-10-2-3-11-29/h4-9,12-14H,2-3,10-11H2,1H3,(H,28,30)/b9-5+. The Bertz CT molecular complexity index is 1260. The van der Waals surface area contributed by atoms with Gasteiger partial charge in [0.05, 0.1) is 27.9 Å². The Hall–Kier alpha value is -3.55. The summed E-state index contributed by atoms with van der Waals surface area (Å²) >= 11 is 0. The first-order valence-corrected chi connectivity index (χ1v) is 10.2. The minimum absolute atomic E-state index is 0.0811. The molecule has 0 aliphatic carbocycles. The lowest BCUT2D eigenvalue weighted by Crippen LogP contribution is -2.21. The summed E-state index contributed by atoms with van der Waals surface area (Å²) in [5.41, 5.74) is 0.975. The van der Waals surface area contributed by atoms with E-state index in [2.05, 4.69) is 5.32 Å². The van der Waals surface area contributed by atoms with Crippen LogP contribution in [0.2, 0.25) is 0 Å². The molecule has 2 aromatic carbocycles. The van der Waals surface area contributed by atoms with Crippen molar-refractivity contribution in [3.8, 4) is 0 Å². The number of halogens is 3. The highest BCUT2D eigenvalue weighted by Crippen LogP contribution is 2.36. The molecule has 0 spiro atoms. The summed E-state index contributed by atoms with van der Waals surface area (Å²) in [6.07, 6.45) is 1.01. The number of hydrogen-bond acceptors (Lipinski definition) is 4. The van der Waals surface area contributed by atoms with Crippen molar-refractivity contribution in [3.63, 3.8) is 0 Å². The highest BCUT2D eigenvalue weighted by Gasteiger charge is 2.32.